The number of benzene rings is 1. The van der Waals surface area contributed by atoms with Gasteiger partial charge in [0.2, 0.25) is 23.6 Å². The molecular formula is C32H50N10O8. The molecule has 276 valence electrons. The second kappa shape index (κ2) is 20.3. The molecule has 1 heterocycles. The number of fused-ring (bicyclic) bond motifs is 1. The van der Waals surface area contributed by atoms with Gasteiger partial charge >= 0.3 is 11.9 Å². The van der Waals surface area contributed by atoms with Crippen LogP contribution < -0.4 is 44.2 Å². The van der Waals surface area contributed by atoms with Gasteiger partial charge in [-0.05, 0) is 56.2 Å². The van der Waals surface area contributed by atoms with Gasteiger partial charge in [0.1, 0.15) is 24.2 Å². The summed E-state index contributed by atoms with van der Waals surface area (Å²) >= 11 is 0. The molecule has 2 aromatic rings. The Morgan fingerprint density at radius 1 is 0.820 bits per heavy atom. The molecule has 0 fully saturated rings. The highest BCUT2D eigenvalue weighted by Gasteiger charge is 2.34. The van der Waals surface area contributed by atoms with Crippen molar-refractivity contribution in [3.63, 3.8) is 0 Å². The van der Waals surface area contributed by atoms with Gasteiger partial charge in [-0.25, -0.2) is 4.79 Å². The van der Waals surface area contributed by atoms with E-state index in [2.05, 4.69) is 31.2 Å². The molecule has 50 heavy (non-hydrogen) atoms. The normalized spacial score (nSPS) is 14.1. The molecule has 0 aliphatic heterocycles. The number of unbranched alkanes of at least 4 members (excludes halogenated alkanes) is 1. The summed E-state index contributed by atoms with van der Waals surface area (Å²) in [6, 6.07) is 0.762. The summed E-state index contributed by atoms with van der Waals surface area (Å²) in [6.45, 7) is 3.77. The van der Waals surface area contributed by atoms with Crippen molar-refractivity contribution in [2.45, 2.75) is 89.0 Å². The van der Waals surface area contributed by atoms with Gasteiger partial charge in [-0.3, -0.25) is 29.0 Å². The number of nitrogens with two attached hydrogens (primary N) is 4. The Bertz CT molecular complexity index is 1510. The Hall–Kier alpha value is -5.23. The number of carbonyl (C=O) groups excluding carboxylic acids is 4. The third-order valence-corrected chi connectivity index (χ3v) is 7.86. The summed E-state index contributed by atoms with van der Waals surface area (Å²) in [4.78, 5) is 83.8. The van der Waals surface area contributed by atoms with Crippen molar-refractivity contribution in [2.75, 3.05) is 13.1 Å². The number of aliphatic imine (C=N–C) groups is 1. The van der Waals surface area contributed by atoms with Crippen LogP contribution in [0.3, 0.4) is 0 Å². The lowest BCUT2D eigenvalue weighted by Gasteiger charge is -2.27. The number of carbonyl (C=O) groups is 6. The number of carboxylic acids is 2. The average Bonchev–Trinajstić information content (AvgIpc) is 3.46. The molecule has 18 nitrogen and oxygen atoms in total. The second-order valence-electron chi connectivity index (χ2n) is 12.3. The van der Waals surface area contributed by atoms with Crippen LogP contribution >= 0.6 is 0 Å². The lowest BCUT2D eigenvalue weighted by molar-refractivity contribution is -0.143. The van der Waals surface area contributed by atoms with Crippen molar-refractivity contribution >= 4 is 52.4 Å². The van der Waals surface area contributed by atoms with E-state index in [1.165, 1.54) is 0 Å². The number of aromatic amines is 1. The lowest BCUT2D eigenvalue weighted by atomic mass is 10.00. The van der Waals surface area contributed by atoms with E-state index in [0.717, 1.165) is 10.9 Å². The van der Waals surface area contributed by atoms with Crippen LogP contribution in [0, 0.1) is 5.92 Å². The summed E-state index contributed by atoms with van der Waals surface area (Å²) < 4.78 is 0. The van der Waals surface area contributed by atoms with Gasteiger partial charge < -0.3 is 59.4 Å². The Labute approximate surface area is 289 Å². The number of carboxylic acid groups (broad SMARTS) is 2. The Morgan fingerprint density at radius 2 is 1.46 bits per heavy atom. The van der Waals surface area contributed by atoms with Crippen molar-refractivity contribution in [2.24, 2.45) is 33.8 Å². The smallest absolute Gasteiger partial charge is 0.326 e. The first-order chi connectivity index (χ1) is 23.6. The molecule has 1 aromatic carbocycles. The molecule has 2 rings (SSSR count). The quantitative estimate of drug-likeness (QED) is 0.0374. The monoisotopic (exact) mass is 702 g/mol. The van der Waals surface area contributed by atoms with Crippen LogP contribution in [-0.4, -0.2) is 100 Å². The Balaban J connectivity index is 2.17. The van der Waals surface area contributed by atoms with Crippen LogP contribution in [0.5, 0.6) is 0 Å². The standard InChI is InChI=1S/C32H50N10O8/c1-17(2)26(30(48)41-24(31(49)50)14-18-16-38-21-10-4-3-8-19(18)21)42-29(47)23(15-25(43)44)40-28(46)22(11-5-6-12-33)39-27(45)20(34)9-7-13-37-32(35)36/h3-4,8,10,16-17,20,22-24,26,38H,5-7,9,11-15,33-34H2,1-2H3,(H,39,45)(H,40,46)(H,41,48)(H,42,47)(H,43,44)(H,49,50)(H4,35,36,37)/t20-,22-,23-,24-,26-/m0/s1. The second-order valence-corrected chi connectivity index (χ2v) is 12.3. The summed E-state index contributed by atoms with van der Waals surface area (Å²) in [6.07, 6.45) is 2.39. The predicted molar refractivity (Wildman–Crippen MR) is 185 cm³/mol. The lowest BCUT2D eigenvalue weighted by Crippen LogP contribution is -2.59. The highest BCUT2D eigenvalue weighted by atomic mass is 16.4. The Kier molecular flexibility index (Phi) is 16.6. The molecule has 1 aromatic heterocycles. The van der Waals surface area contributed by atoms with Gasteiger partial charge in [0.25, 0.3) is 0 Å². The summed E-state index contributed by atoms with van der Waals surface area (Å²) in [5.41, 5.74) is 23.6. The van der Waals surface area contributed by atoms with E-state index in [4.69, 9.17) is 22.9 Å². The van der Waals surface area contributed by atoms with Gasteiger partial charge in [-0.1, -0.05) is 32.0 Å². The van der Waals surface area contributed by atoms with E-state index in [9.17, 15) is 39.0 Å². The number of nitrogens with one attached hydrogen (secondary N) is 5. The van der Waals surface area contributed by atoms with Crippen molar-refractivity contribution in [3.8, 4) is 0 Å². The average molecular weight is 703 g/mol. The van der Waals surface area contributed by atoms with Crippen LogP contribution in [0.2, 0.25) is 0 Å². The third-order valence-electron chi connectivity index (χ3n) is 7.86. The molecule has 0 radical (unpaired) electrons. The van der Waals surface area contributed by atoms with Gasteiger partial charge in [0, 0.05) is 30.1 Å². The number of para-hydroxylation sites is 1. The molecule has 0 bridgehead atoms. The molecule has 0 aliphatic rings. The van der Waals surface area contributed by atoms with Crippen LogP contribution in [-0.2, 0) is 35.2 Å². The minimum Gasteiger partial charge on any atom is -0.481 e. The number of hydrogen-bond donors (Lipinski definition) is 11. The highest BCUT2D eigenvalue weighted by Crippen LogP contribution is 2.19. The third kappa shape index (κ3) is 13.3. The van der Waals surface area contributed by atoms with E-state index < -0.39 is 78.1 Å². The van der Waals surface area contributed by atoms with Gasteiger partial charge in [0.05, 0.1) is 12.5 Å². The van der Waals surface area contributed by atoms with Crippen LogP contribution in [0.1, 0.15) is 57.9 Å². The summed E-state index contributed by atoms with van der Waals surface area (Å²) in [5, 5.41) is 30.1. The molecule has 0 saturated carbocycles. The highest BCUT2D eigenvalue weighted by molar-refractivity contribution is 5.97. The molecule has 0 spiro atoms. The minimum atomic E-state index is -1.65. The zero-order chi connectivity index (χ0) is 37.4. The van der Waals surface area contributed by atoms with Crippen LogP contribution in [0.4, 0.5) is 0 Å². The first-order valence-electron chi connectivity index (χ1n) is 16.4. The summed E-state index contributed by atoms with van der Waals surface area (Å²) in [5.74, 6) is -6.72. The largest absolute Gasteiger partial charge is 0.481 e. The Morgan fingerprint density at radius 3 is 2.08 bits per heavy atom. The predicted octanol–water partition coefficient (Wildman–Crippen LogP) is -1.63. The number of guanidine groups is 1. The molecule has 0 saturated heterocycles. The maximum atomic E-state index is 13.4. The molecule has 0 aliphatic carbocycles. The fourth-order valence-electron chi connectivity index (χ4n) is 5.12. The van der Waals surface area contributed by atoms with Crippen molar-refractivity contribution in [1.82, 2.24) is 26.3 Å². The van der Waals surface area contributed by atoms with Crippen molar-refractivity contribution in [1.29, 1.82) is 0 Å². The zero-order valence-electron chi connectivity index (χ0n) is 28.3. The zero-order valence-corrected chi connectivity index (χ0v) is 28.3. The molecule has 5 atom stereocenters. The van der Waals surface area contributed by atoms with Gasteiger partial charge in [-0.15, -0.1) is 0 Å². The number of H-pyrrole nitrogens is 1. The number of hydrogen-bond acceptors (Lipinski definition) is 9. The maximum absolute atomic E-state index is 13.4. The molecule has 18 heteroatoms. The number of rotatable bonds is 22. The van der Waals surface area contributed by atoms with E-state index in [-0.39, 0.29) is 31.8 Å². The van der Waals surface area contributed by atoms with E-state index >= 15 is 0 Å². The summed E-state index contributed by atoms with van der Waals surface area (Å²) in [7, 11) is 0. The molecule has 15 N–H and O–H groups in total. The number of nitrogens with zero attached hydrogens (tertiary/aromatic N) is 1. The first kappa shape index (κ1) is 40.9. The van der Waals surface area contributed by atoms with Crippen molar-refractivity contribution in [3.05, 3.63) is 36.0 Å². The molecular weight excluding hydrogens is 652 g/mol. The number of aromatic nitrogens is 1. The van der Waals surface area contributed by atoms with E-state index in [0.29, 0.717) is 31.4 Å². The molecule has 0 unspecified atom stereocenters. The molecule has 4 amide bonds. The SMILES string of the molecule is CC(C)[C@H](NC(=O)[C@H](CC(=O)O)NC(=O)[C@H](CCCCN)NC(=O)[C@@H](N)CCCN=C(N)N)C(=O)N[C@@H](Cc1c[nH]c2ccccc12)C(=O)O. The van der Waals surface area contributed by atoms with Crippen LogP contribution in [0.15, 0.2) is 35.5 Å². The van der Waals surface area contributed by atoms with Gasteiger partial charge in [-0.2, -0.15) is 0 Å². The number of amides is 4. The van der Waals surface area contributed by atoms with Crippen LogP contribution in [0.25, 0.3) is 10.9 Å². The van der Waals surface area contributed by atoms with E-state index in [1.807, 2.05) is 18.2 Å². The first-order valence-corrected chi connectivity index (χ1v) is 16.4. The fourth-order valence-corrected chi connectivity index (χ4v) is 5.12. The maximum Gasteiger partial charge on any atom is 0.326 e. The number of aliphatic carboxylic acids is 2. The van der Waals surface area contributed by atoms with Crippen molar-refractivity contribution < 1.29 is 39.0 Å². The fraction of sp³-hybridized carbons (Fsp3) is 0.531. The minimum absolute atomic E-state index is 0.0568. The van der Waals surface area contributed by atoms with E-state index in [1.54, 1.807) is 26.1 Å². The van der Waals surface area contributed by atoms with Gasteiger partial charge in [0.15, 0.2) is 5.96 Å². The topological polar surface area (TPSA) is 323 Å².